The minimum atomic E-state index is 0.600. The van der Waals surface area contributed by atoms with E-state index in [1.807, 2.05) is 54.6 Å². The van der Waals surface area contributed by atoms with E-state index in [4.69, 9.17) is 19.4 Å². The molecule has 0 unspecified atom stereocenters. The lowest BCUT2D eigenvalue weighted by atomic mass is 9.92. The maximum absolute atomic E-state index is 6.22. The van der Waals surface area contributed by atoms with Gasteiger partial charge in [-0.1, -0.05) is 133 Å². The van der Waals surface area contributed by atoms with E-state index in [2.05, 4.69) is 97.1 Å². The molecule has 0 aliphatic heterocycles. The molecule has 9 rings (SSSR count). The van der Waals surface area contributed by atoms with Gasteiger partial charge in [-0.15, -0.1) is 0 Å². The van der Waals surface area contributed by atoms with Crippen LogP contribution in [0.5, 0.6) is 0 Å². The molecule has 0 spiro atoms. The molecular formula is C41H25N3O. The number of fused-ring (bicyclic) bond motifs is 5. The van der Waals surface area contributed by atoms with E-state index in [1.165, 1.54) is 21.9 Å². The van der Waals surface area contributed by atoms with Crippen molar-refractivity contribution < 1.29 is 4.42 Å². The Morgan fingerprint density at radius 1 is 0.333 bits per heavy atom. The summed E-state index contributed by atoms with van der Waals surface area (Å²) in [6, 6.07) is 52.3. The standard InChI is InChI=1S/C41H25N3O/c1-2-12-27(13-3-1)39-42-40(28-23-24-35-34-16-6-7-22-37(34)45-38(35)25-28)44-41(43-39)36-21-10-19-32-31(18-9-20-33(32)36)30-17-8-14-26-11-4-5-15-29(26)30/h1-25H. The van der Waals surface area contributed by atoms with Crippen LogP contribution in [0.4, 0.5) is 0 Å². The molecule has 0 aliphatic carbocycles. The summed E-state index contributed by atoms with van der Waals surface area (Å²) in [5.74, 6) is 1.86. The van der Waals surface area contributed by atoms with Gasteiger partial charge < -0.3 is 4.42 Å². The lowest BCUT2D eigenvalue weighted by Crippen LogP contribution is -2.00. The molecular weight excluding hydrogens is 550 g/mol. The molecule has 7 aromatic carbocycles. The van der Waals surface area contributed by atoms with Crippen LogP contribution in [0.3, 0.4) is 0 Å². The molecule has 0 atom stereocenters. The van der Waals surface area contributed by atoms with Gasteiger partial charge in [0.05, 0.1) is 0 Å². The van der Waals surface area contributed by atoms with Crippen LogP contribution in [0, 0.1) is 0 Å². The minimum absolute atomic E-state index is 0.600. The maximum atomic E-state index is 6.22. The Morgan fingerprint density at radius 3 is 1.73 bits per heavy atom. The topological polar surface area (TPSA) is 51.8 Å². The van der Waals surface area contributed by atoms with Gasteiger partial charge in [0.25, 0.3) is 0 Å². The molecule has 9 aromatic rings. The van der Waals surface area contributed by atoms with E-state index in [0.717, 1.165) is 49.4 Å². The predicted octanol–water partition coefficient (Wildman–Crippen LogP) is 10.7. The Morgan fingerprint density at radius 2 is 0.889 bits per heavy atom. The van der Waals surface area contributed by atoms with Crippen molar-refractivity contribution in [3.8, 4) is 45.3 Å². The maximum Gasteiger partial charge on any atom is 0.164 e. The molecule has 0 radical (unpaired) electrons. The summed E-state index contributed by atoms with van der Waals surface area (Å²) in [4.78, 5) is 15.1. The molecule has 0 amide bonds. The van der Waals surface area contributed by atoms with Gasteiger partial charge in [-0.2, -0.15) is 0 Å². The van der Waals surface area contributed by atoms with Gasteiger partial charge in [0, 0.05) is 27.5 Å². The Labute approximate surface area is 259 Å². The average molecular weight is 576 g/mol. The third kappa shape index (κ3) is 4.27. The number of benzene rings is 7. The molecule has 0 bridgehead atoms. The summed E-state index contributed by atoms with van der Waals surface area (Å²) < 4.78 is 6.22. The first-order valence-corrected chi connectivity index (χ1v) is 15.0. The van der Waals surface area contributed by atoms with E-state index in [0.29, 0.717) is 17.5 Å². The van der Waals surface area contributed by atoms with Crippen molar-refractivity contribution in [3.05, 3.63) is 152 Å². The zero-order chi connectivity index (χ0) is 29.7. The van der Waals surface area contributed by atoms with E-state index < -0.39 is 0 Å². The van der Waals surface area contributed by atoms with Crippen LogP contribution in [0.25, 0.3) is 88.8 Å². The summed E-state index contributed by atoms with van der Waals surface area (Å²) in [6.45, 7) is 0. The van der Waals surface area contributed by atoms with Crippen molar-refractivity contribution in [3.63, 3.8) is 0 Å². The quantitative estimate of drug-likeness (QED) is 0.209. The normalized spacial score (nSPS) is 11.6. The number of furan rings is 1. The van der Waals surface area contributed by atoms with Crippen LogP contribution in [0.1, 0.15) is 0 Å². The van der Waals surface area contributed by atoms with Gasteiger partial charge in [0.1, 0.15) is 11.2 Å². The molecule has 210 valence electrons. The number of hydrogen-bond donors (Lipinski definition) is 0. The van der Waals surface area contributed by atoms with Gasteiger partial charge in [-0.3, -0.25) is 0 Å². The van der Waals surface area contributed by atoms with E-state index >= 15 is 0 Å². The van der Waals surface area contributed by atoms with E-state index in [-0.39, 0.29) is 0 Å². The summed E-state index contributed by atoms with van der Waals surface area (Å²) in [5, 5.41) is 6.86. The van der Waals surface area contributed by atoms with Crippen LogP contribution in [-0.2, 0) is 0 Å². The molecule has 4 heteroatoms. The summed E-state index contributed by atoms with van der Waals surface area (Å²) in [5.41, 5.74) is 6.82. The van der Waals surface area contributed by atoms with Crippen LogP contribution in [0.2, 0.25) is 0 Å². The van der Waals surface area contributed by atoms with Gasteiger partial charge in [0.2, 0.25) is 0 Å². The highest BCUT2D eigenvalue weighted by Crippen LogP contribution is 2.38. The molecule has 0 N–H and O–H groups in total. The van der Waals surface area contributed by atoms with E-state index in [1.54, 1.807) is 0 Å². The number of para-hydroxylation sites is 1. The van der Waals surface area contributed by atoms with Crippen LogP contribution in [-0.4, -0.2) is 15.0 Å². The van der Waals surface area contributed by atoms with E-state index in [9.17, 15) is 0 Å². The molecule has 2 aromatic heterocycles. The minimum Gasteiger partial charge on any atom is -0.456 e. The third-order valence-electron chi connectivity index (χ3n) is 8.55. The largest absolute Gasteiger partial charge is 0.456 e. The highest BCUT2D eigenvalue weighted by atomic mass is 16.3. The highest BCUT2D eigenvalue weighted by Gasteiger charge is 2.17. The van der Waals surface area contributed by atoms with Crippen molar-refractivity contribution in [1.82, 2.24) is 15.0 Å². The molecule has 0 fully saturated rings. The Bertz CT molecular complexity index is 2540. The number of rotatable bonds is 4. The fourth-order valence-corrected chi connectivity index (χ4v) is 6.41. The molecule has 4 nitrogen and oxygen atoms in total. The summed E-state index contributed by atoms with van der Waals surface area (Å²) in [7, 11) is 0. The second-order valence-corrected chi connectivity index (χ2v) is 11.2. The van der Waals surface area contributed by atoms with Crippen molar-refractivity contribution in [2.45, 2.75) is 0 Å². The highest BCUT2D eigenvalue weighted by molar-refractivity contribution is 6.09. The molecule has 0 saturated heterocycles. The lowest BCUT2D eigenvalue weighted by Gasteiger charge is -2.13. The monoisotopic (exact) mass is 575 g/mol. The Kier molecular flexibility index (Phi) is 5.78. The van der Waals surface area contributed by atoms with Crippen LogP contribution >= 0.6 is 0 Å². The first kappa shape index (κ1) is 25.4. The SMILES string of the molecule is c1ccc(-c2nc(-c3ccc4c(c3)oc3ccccc34)nc(-c3cccc4c(-c5cccc6ccccc56)cccc34)n2)cc1. The van der Waals surface area contributed by atoms with Crippen LogP contribution < -0.4 is 0 Å². The van der Waals surface area contributed by atoms with Gasteiger partial charge in [-0.25, -0.2) is 15.0 Å². The van der Waals surface area contributed by atoms with Gasteiger partial charge in [-0.05, 0) is 50.9 Å². The van der Waals surface area contributed by atoms with Crippen molar-refractivity contribution in [2.24, 2.45) is 0 Å². The fraction of sp³-hybridized carbons (Fsp3) is 0. The molecule has 0 saturated carbocycles. The second kappa shape index (κ2) is 10.2. The average Bonchev–Trinajstić information content (AvgIpc) is 3.49. The van der Waals surface area contributed by atoms with Crippen molar-refractivity contribution >= 4 is 43.5 Å². The first-order chi connectivity index (χ1) is 22.3. The summed E-state index contributed by atoms with van der Waals surface area (Å²) >= 11 is 0. The zero-order valence-electron chi connectivity index (χ0n) is 24.2. The number of aromatic nitrogens is 3. The summed E-state index contributed by atoms with van der Waals surface area (Å²) in [6.07, 6.45) is 0. The molecule has 2 heterocycles. The van der Waals surface area contributed by atoms with Gasteiger partial charge in [0.15, 0.2) is 17.5 Å². The Balaban J connectivity index is 1.26. The zero-order valence-corrected chi connectivity index (χ0v) is 24.2. The van der Waals surface area contributed by atoms with Gasteiger partial charge >= 0.3 is 0 Å². The third-order valence-corrected chi connectivity index (χ3v) is 8.55. The molecule has 0 aliphatic rings. The Hall–Kier alpha value is -6.13. The predicted molar refractivity (Wildman–Crippen MR) is 184 cm³/mol. The number of nitrogens with zero attached hydrogens (tertiary/aromatic N) is 3. The molecule has 45 heavy (non-hydrogen) atoms. The lowest BCUT2D eigenvalue weighted by molar-refractivity contribution is 0.669. The second-order valence-electron chi connectivity index (χ2n) is 11.2. The fourth-order valence-electron chi connectivity index (χ4n) is 6.41. The first-order valence-electron chi connectivity index (χ1n) is 15.0. The van der Waals surface area contributed by atoms with Crippen molar-refractivity contribution in [1.29, 1.82) is 0 Å². The van der Waals surface area contributed by atoms with Crippen molar-refractivity contribution in [2.75, 3.05) is 0 Å². The smallest absolute Gasteiger partial charge is 0.164 e. The van der Waals surface area contributed by atoms with Crippen LogP contribution in [0.15, 0.2) is 156 Å². The number of hydrogen-bond acceptors (Lipinski definition) is 4.